The molecular weight excluding hydrogens is 455 g/mol. The lowest BCUT2D eigenvalue weighted by Gasteiger charge is -2.23. The molecule has 0 saturated heterocycles. The first-order chi connectivity index (χ1) is 13.8. The maximum absolute atomic E-state index is 12.8. The van der Waals surface area contributed by atoms with E-state index in [1.54, 1.807) is 0 Å². The van der Waals surface area contributed by atoms with Gasteiger partial charge in [-0.25, -0.2) is 0 Å². The second kappa shape index (κ2) is 11.4. The summed E-state index contributed by atoms with van der Waals surface area (Å²) in [5.74, 6) is -7.59. The topological polar surface area (TPSA) is 107 Å². The minimum atomic E-state index is -5.78. The summed E-state index contributed by atoms with van der Waals surface area (Å²) in [6, 6.07) is 0. The molecule has 0 amide bonds. The van der Waals surface area contributed by atoms with Crippen molar-refractivity contribution in [2.24, 2.45) is 11.3 Å². The average molecular weight is 484 g/mol. The van der Waals surface area contributed by atoms with Crippen LogP contribution in [-0.2, 0) is 29.2 Å². The number of ether oxygens (including phenoxy) is 2. The zero-order valence-electron chi connectivity index (χ0n) is 17.8. The Morgan fingerprint density at radius 1 is 1.00 bits per heavy atom. The molecule has 0 aliphatic heterocycles. The summed E-state index contributed by atoms with van der Waals surface area (Å²) in [6.07, 6.45) is -8.18. The zero-order valence-corrected chi connectivity index (χ0v) is 18.6. The highest BCUT2D eigenvalue weighted by atomic mass is 32.2. The van der Waals surface area contributed by atoms with Crippen molar-refractivity contribution >= 4 is 22.1 Å². The van der Waals surface area contributed by atoms with Gasteiger partial charge in [0.2, 0.25) is 0 Å². The van der Waals surface area contributed by atoms with Gasteiger partial charge in [-0.05, 0) is 30.6 Å². The number of esters is 2. The van der Waals surface area contributed by atoms with Crippen LogP contribution in [0.1, 0.15) is 59.8 Å². The molecule has 1 N–H and O–H groups in total. The van der Waals surface area contributed by atoms with Crippen molar-refractivity contribution < 1.29 is 54.0 Å². The van der Waals surface area contributed by atoms with Gasteiger partial charge in [-0.1, -0.05) is 27.7 Å². The van der Waals surface area contributed by atoms with Crippen LogP contribution in [0.3, 0.4) is 0 Å². The van der Waals surface area contributed by atoms with Gasteiger partial charge in [-0.15, -0.1) is 0 Å². The van der Waals surface area contributed by atoms with Crippen molar-refractivity contribution in [1.29, 1.82) is 0 Å². The Labute approximate surface area is 178 Å². The predicted molar refractivity (Wildman–Crippen MR) is 100.0 cm³/mol. The summed E-state index contributed by atoms with van der Waals surface area (Å²) in [7, 11) is -5.12. The molecule has 0 saturated carbocycles. The van der Waals surface area contributed by atoms with E-state index in [2.05, 4.69) is 4.74 Å². The molecule has 7 nitrogen and oxygen atoms in total. The summed E-state index contributed by atoms with van der Waals surface area (Å²) in [6.45, 7) is 7.00. The second-order valence-electron chi connectivity index (χ2n) is 8.56. The van der Waals surface area contributed by atoms with Gasteiger partial charge in [0.15, 0.2) is 5.25 Å². The molecule has 0 aromatic heterocycles. The Balaban J connectivity index is 4.64. The molecule has 0 aliphatic rings. The fraction of sp³-hybridized carbons (Fsp3) is 0.889. The lowest BCUT2D eigenvalue weighted by Crippen LogP contribution is -2.37. The van der Waals surface area contributed by atoms with Crippen molar-refractivity contribution in [3.8, 4) is 0 Å². The third kappa shape index (κ3) is 12.2. The number of carbonyl (C=O) groups excluding carboxylic acids is 2. The molecule has 2 atom stereocenters. The molecule has 0 spiro atoms. The largest absolute Gasteiger partial charge is 0.466 e. The van der Waals surface area contributed by atoms with E-state index in [0.717, 1.165) is 6.42 Å². The summed E-state index contributed by atoms with van der Waals surface area (Å²) < 4.78 is 103. The van der Waals surface area contributed by atoms with Crippen LogP contribution in [0.25, 0.3) is 0 Å². The third-order valence-corrected chi connectivity index (χ3v) is 5.18. The molecule has 0 aromatic rings. The molecule has 13 heteroatoms. The maximum Gasteiger partial charge on any atom is 0.453 e. The highest BCUT2D eigenvalue weighted by Crippen LogP contribution is 2.38. The van der Waals surface area contributed by atoms with Crippen molar-refractivity contribution in [1.82, 2.24) is 0 Å². The molecule has 0 rings (SSSR count). The molecule has 0 radical (unpaired) electrons. The summed E-state index contributed by atoms with van der Waals surface area (Å²) in [5.41, 5.74) is 0.0489. The Hall–Kier alpha value is -1.50. The summed E-state index contributed by atoms with van der Waals surface area (Å²) in [4.78, 5) is 23.6. The Morgan fingerprint density at radius 2 is 1.55 bits per heavy atom. The van der Waals surface area contributed by atoms with Crippen molar-refractivity contribution in [3.05, 3.63) is 0 Å². The van der Waals surface area contributed by atoms with Gasteiger partial charge in [0, 0.05) is 6.42 Å². The van der Waals surface area contributed by atoms with Crippen LogP contribution in [-0.4, -0.2) is 55.5 Å². The van der Waals surface area contributed by atoms with E-state index in [4.69, 9.17) is 9.29 Å². The van der Waals surface area contributed by atoms with E-state index < -0.39 is 65.3 Å². The lowest BCUT2D eigenvalue weighted by molar-refractivity contribution is -0.285. The number of rotatable bonds is 12. The van der Waals surface area contributed by atoms with Crippen molar-refractivity contribution in [2.45, 2.75) is 77.1 Å². The van der Waals surface area contributed by atoms with Crippen LogP contribution >= 0.6 is 0 Å². The van der Waals surface area contributed by atoms with Gasteiger partial charge in [0.25, 0.3) is 10.1 Å². The number of hydrogen-bond donors (Lipinski definition) is 1. The van der Waals surface area contributed by atoms with Gasteiger partial charge in [0.05, 0.1) is 19.6 Å². The van der Waals surface area contributed by atoms with E-state index >= 15 is 0 Å². The zero-order chi connectivity index (χ0) is 24.7. The van der Waals surface area contributed by atoms with Gasteiger partial charge < -0.3 is 9.47 Å². The second-order valence-corrected chi connectivity index (χ2v) is 10.2. The number of halogens is 5. The minimum Gasteiger partial charge on any atom is -0.466 e. The summed E-state index contributed by atoms with van der Waals surface area (Å²) in [5, 5.41) is -2.38. The number of carbonyl (C=O) groups is 2. The quantitative estimate of drug-likeness (QED) is 0.192. The fourth-order valence-corrected chi connectivity index (χ4v) is 3.40. The first kappa shape index (κ1) is 29.5. The van der Waals surface area contributed by atoms with E-state index in [1.807, 2.05) is 27.7 Å². The average Bonchev–Trinajstić information content (AvgIpc) is 2.52. The van der Waals surface area contributed by atoms with E-state index in [0.29, 0.717) is 6.42 Å². The van der Waals surface area contributed by atoms with Gasteiger partial charge in [-0.3, -0.25) is 14.1 Å². The lowest BCUT2D eigenvalue weighted by atomic mass is 9.84. The Morgan fingerprint density at radius 3 is 2.00 bits per heavy atom. The molecule has 2 unspecified atom stereocenters. The number of alkyl halides is 5. The first-order valence-corrected chi connectivity index (χ1v) is 11.0. The minimum absolute atomic E-state index is 0.0489. The number of hydrogen-bond acceptors (Lipinski definition) is 6. The Kier molecular flexibility index (Phi) is 10.8. The fourth-order valence-electron chi connectivity index (χ4n) is 2.74. The summed E-state index contributed by atoms with van der Waals surface area (Å²) >= 11 is 0. The third-order valence-electron chi connectivity index (χ3n) is 4.10. The highest BCUT2D eigenvalue weighted by molar-refractivity contribution is 7.87. The molecular formula is C18H29F5O7S. The van der Waals surface area contributed by atoms with Crippen LogP contribution in [0.4, 0.5) is 22.0 Å². The molecule has 0 bridgehead atoms. The van der Waals surface area contributed by atoms with Crippen LogP contribution in [0, 0.1) is 11.3 Å². The Bertz CT molecular complexity index is 699. The monoisotopic (exact) mass is 484 g/mol. The van der Waals surface area contributed by atoms with Crippen molar-refractivity contribution in [2.75, 3.05) is 13.2 Å². The SMILES string of the molecule is CC(CCOC(=O)CC(C(=O)OCCCC(F)(F)C(F)(F)F)S(=O)(=O)O)CC(C)(C)C. The van der Waals surface area contributed by atoms with Crippen LogP contribution < -0.4 is 0 Å². The van der Waals surface area contributed by atoms with Crippen molar-refractivity contribution in [3.63, 3.8) is 0 Å². The van der Waals surface area contributed by atoms with Gasteiger partial charge in [0.1, 0.15) is 0 Å². The maximum atomic E-state index is 12.8. The molecule has 0 aliphatic carbocycles. The molecule has 31 heavy (non-hydrogen) atoms. The van der Waals surface area contributed by atoms with Gasteiger partial charge in [-0.2, -0.15) is 30.4 Å². The molecule has 0 fully saturated rings. The van der Waals surface area contributed by atoms with Crippen LogP contribution in [0.15, 0.2) is 0 Å². The van der Waals surface area contributed by atoms with E-state index in [-0.39, 0.29) is 17.9 Å². The standard InChI is InChI=1S/C18H29F5O7S/c1-12(11-16(2,3)4)6-9-29-14(24)10-13(31(26,27)28)15(25)30-8-5-7-17(19,20)18(21,22)23/h12-13H,5-11H2,1-4H3,(H,26,27,28). The van der Waals surface area contributed by atoms with E-state index in [1.165, 1.54) is 0 Å². The predicted octanol–water partition coefficient (Wildman–Crippen LogP) is 4.16. The normalized spacial score (nSPS) is 15.3. The molecule has 184 valence electrons. The first-order valence-electron chi connectivity index (χ1n) is 9.49. The molecule has 0 aromatic carbocycles. The highest BCUT2D eigenvalue weighted by Gasteiger charge is 2.56. The molecule has 0 heterocycles. The van der Waals surface area contributed by atoms with E-state index in [9.17, 15) is 40.0 Å². The smallest absolute Gasteiger partial charge is 0.453 e. The van der Waals surface area contributed by atoms with Crippen LogP contribution in [0.2, 0.25) is 0 Å². The van der Waals surface area contributed by atoms with Crippen LogP contribution in [0.5, 0.6) is 0 Å². The van der Waals surface area contributed by atoms with Gasteiger partial charge >= 0.3 is 24.0 Å².